The first-order valence-electron chi connectivity index (χ1n) is 7.00. The quantitative estimate of drug-likeness (QED) is 0.684. The average molecular weight is 337 g/mol. The molecule has 0 radical (unpaired) electrons. The Bertz CT molecular complexity index is 714. The van der Waals surface area contributed by atoms with Crippen LogP contribution in [0.2, 0.25) is 10.0 Å². The molecule has 0 saturated heterocycles. The third kappa shape index (κ3) is 3.93. The first-order chi connectivity index (χ1) is 10.6. The van der Waals surface area contributed by atoms with Crippen LogP contribution in [-0.4, -0.2) is 5.78 Å². The standard InChI is InChI=1S/C17H14Cl2O3/c18-15-7-5-13(9-16(15)19)21-10-14-4-3-12(22-14)6-8-17(20)11-1-2-11/h3-9,11H,1-2,10H2/b8-6+. The van der Waals surface area contributed by atoms with Gasteiger partial charge in [0.05, 0.1) is 10.0 Å². The fourth-order valence-electron chi connectivity index (χ4n) is 1.95. The third-order valence-corrected chi connectivity index (χ3v) is 4.09. The Kier molecular flexibility index (Phi) is 4.55. The number of hydrogen-bond acceptors (Lipinski definition) is 3. The van der Waals surface area contributed by atoms with Crippen molar-refractivity contribution in [2.24, 2.45) is 5.92 Å². The van der Waals surface area contributed by atoms with E-state index in [1.165, 1.54) is 0 Å². The summed E-state index contributed by atoms with van der Waals surface area (Å²) in [6, 6.07) is 8.70. The Hall–Kier alpha value is -1.71. The Labute approximate surface area is 138 Å². The number of carbonyl (C=O) groups excluding carboxylic acids is 1. The number of carbonyl (C=O) groups is 1. The van der Waals surface area contributed by atoms with Gasteiger partial charge in [0.15, 0.2) is 5.78 Å². The van der Waals surface area contributed by atoms with Crippen molar-refractivity contribution in [3.63, 3.8) is 0 Å². The molecule has 1 aromatic heterocycles. The maximum atomic E-state index is 11.6. The van der Waals surface area contributed by atoms with Crippen LogP contribution < -0.4 is 4.74 Å². The molecule has 1 heterocycles. The van der Waals surface area contributed by atoms with Crippen LogP contribution in [0, 0.1) is 5.92 Å². The molecule has 0 amide bonds. The Morgan fingerprint density at radius 3 is 2.77 bits per heavy atom. The second-order valence-corrected chi connectivity index (χ2v) is 5.99. The predicted octanol–water partition coefficient (Wildman–Crippen LogP) is 5.16. The van der Waals surface area contributed by atoms with E-state index in [2.05, 4.69) is 0 Å². The van der Waals surface area contributed by atoms with Crippen molar-refractivity contribution in [3.8, 4) is 5.75 Å². The van der Waals surface area contributed by atoms with E-state index in [-0.39, 0.29) is 18.3 Å². The van der Waals surface area contributed by atoms with Crippen molar-refractivity contribution >= 4 is 35.1 Å². The van der Waals surface area contributed by atoms with Crippen molar-refractivity contribution in [2.45, 2.75) is 19.4 Å². The molecule has 1 aliphatic carbocycles. The predicted molar refractivity (Wildman–Crippen MR) is 86.3 cm³/mol. The third-order valence-electron chi connectivity index (χ3n) is 3.35. The van der Waals surface area contributed by atoms with Crippen molar-refractivity contribution in [3.05, 3.63) is 58.0 Å². The smallest absolute Gasteiger partial charge is 0.158 e. The lowest BCUT2D eigenvalue weighted by Crippen LogP contribution is -1.93. The van der Waals surface area contributed by atoms with Crippen LogP contribution in [0.15, 0.2) is 40.8 Å². The number of rotatable bonds is 6. The summed E-state index contributed by atoms with van der Waals surface area (Å²) in [5.41, 5.74) is 0. The summed E-state index contributed by atoms with van der Waals surface area (Å²) >= 11 is 11.8. The average Bonchev–Trinajstić information content (AvgIpc) is 3.26. The molecule has 1 aliphatic rings. The largest absolute Gasteiger partial charge is 0.486 e. The first-order valence-corrected chi connectivity index (χ1v) is 7.76. The summed E-state index contributed by atoms with van der Waals surface area (Å²) < 4.78 is 11.2. The highest BCUT2D eigenvalue weighted by Gasteiger charge is 2.27. The van der Waals surface area contributed by atoms with Gasteiger partial charge in [-0.15, -0.1) is 0 Å². The highest BCUT2D eigenvalue weighted by molar-refractivity contribution is 6.42. The second kappa shape index (κ2) is 6.59. The van der Waals surface area contributed by atoms with Crippen LogP contribution >= 0.6 is 23.2 Å². The Morgan fingerprint density at radius 1 is 1.23 bits per heavy atom. The maximum Gasteiger partial charge on any atom is 0.158 e. The first kappa shape index (κ1) is 15.2. The van der Waals surface area contributed by atoms with E-state index in [4.69, 9.17) is 32.4 Å². The summed E-state index contributed by atoms with van der Waals surface area (Å²) in [6.45, 7) is 0.280. The van der Waals surface area contributed by atoms with Gasteiger partial charge in [-0.3, -0.25) is 4.79 Å². The van der Waals surface area contributed by atoms with Gasteiger partial charge in [-0.1, -0.05) is 23.2 Å². The van der Waals surface area contributed by atoms with E-state index < -0.39 is 0 Å². The highest BCUT2D eigenvalue weighted by atomic mass is 35.5. The van der Waals surface area contributed by atoms with Gasteiger partial charge in [0.2, 0.25) is 0 Å². The molecule has 2 aromatic rings. The highest BCUT2D eigenvalue weighted by Crippen LogP contribution is 2.30. The normalized spacial score (nSPS) is 14.5. The Balaban J connectivity index is 1.57. The number of ketones is 1. The minimum absolute atomic E-state index is 0.171. The number of furan rings is 1. The van der Waals surface area contributed by atoms with Gasteiger partial charge in [0, 0.05) is 12.0 Å². The lowest BCUT2D eigenvalue weighted by Gasteiger charge is -2.05. The molecule has 3 nitrogen and oxygen atoms in total. The van der Waals surface area contributed by atoms with E-state index in [1.54, 1.807) is 30.4 Å². The lowest BCUT2D eigenvalue weighted by atomic mass is 10.2. The van der Waals surface area contributed by atoms with Gasteiger partial charge in [-0.25, -0.2) is 0 Å². The second-order valence-electron chi connectivity index (χ2n) is 5.18. The number of benzene rings is 1. The molecule has 0 atom stereocenters. The van der Waals surface area contributed by atoms with Gasteiger partial charge < -0.3 is 9.15 Å². The number of hydrogen-bond donors (Lipinski definition) is 0. The molecule has 1 saturated carbocycles. The molecule has 0 unspecified atom stereocenters. The zero-order valence-electron chi connectivity index (χ0n) is 11.7. The van der Waals surface area contributed by atoms with Gasteiger partial charge in [0.25, 0.3) is 0 Å². The Morgan fingerprint density at radius 2 is 2.05 bits per heavy atom. The van der Waals surface area contributed by atoms with Crippen LogP contribution in [-0.2, 0) is 11.4 Å². The fraction of sp³-hybridized carbons (Fsp3) is 0.235. The SMILES string of the molecule is O=C(/C=C/c1ccc(COc2ccc(Cl)c(Cl)c2)o1)C1CC1. The van der Waals surface area contributed by atoms with Crippen LogP contribution in [0.4, 0.5) is 0 Å². The van der Waals surface area contributed by atoms with Crippen LogP contribution in [0.5, 0.6) is 5.75 Å². The molecule has 0 aliphatic heterocycles. The molecule has 22 heavy (non-hydrogen) atoms. The van der Waals surface area contributed by atoms with Gasteiger partial charge >= 0.3 is 0 Å². The van der Waals surface area contributed by atoms with E-state index in [0.29, 0.717) is 27.3 Å². The molecule has 1 fully saturated rings. The zero-order chi connectivity index (χ0) is 15.5. The molecule has 0 spiro atoms. The molecule has 1 aromatic carbocycles. The monoisotopic (exact) mass is 336 g/mol. The summed E-state index contributed by atoms with van der Waals surface area (Å²) in [5, 5.41) is 0.931. The minimum Gasteiger partial charge on any atom is -0.486 e. The minimum atomic E-state index is 0.171. The van der Waals surface area contributed by atoms with E-state index in [0.717, 1.165) is 12.8 Å². The van der Waals surface area contributed by atoms with Gasteiger partial charge in [-0.05, 0) is 49.3 Å². The number of allylic oxidation sites excluding steroid dienone is 1. The summed E-state index contributed by atoms with van der Waals surface area (Å²) in [6.07, 6.45) is 5.29. The van der Waals surface area contributed by atoms with Gasteiger partial charge in [-0.2, -0.15) is 0 Å². The van der Waals surface area contributed by atoms with Gasteiger partial charge in [0.1, 0.15) is 23.9 Å². The van der Waals surface area contributed by atoms with Crippen molar-refractivity contribution in [1.82, 2.24) is 0 Å². The van der Waals surface area contributed by atoms with Crippen molar-refractivity contribution in [2.75, 3.05) is 0 Å². The summed E-state index contributed by atoms with van der Waals surface area (Å²) in [4.78, 5) is 11.6. The van der Waals surface area contributed by atoms with Crippen LogP contribution in [0.25, 0.3) is 6.08 Å². The van der Waals surface area contributed by atoms with Crippen molar-refractivity contribution < 1.29 is 13.9 Å². The maximum absolute atomic E-state index is 11.6. The molecule has 3 rings (SSSR count). The summed E-state index contributed by atoms with van der Waals surface area (Å²) in [7, 11) is 0. The fourth-order valence-corrected chi connectivity index (χ4v) is 2.24. The molecule has 0 bridgehead atoms. The lowest BCUT2D eigenvalue weighted by molar-refractivity contribution is -0.115. The van der Waals surface area contributed by atoms with Crippen LogP contribution in [0.3, 0.4) is 0 Å². The molecule has 5 heteroatoms. The van der Waals surface area contributed by atoms with E-state index in [9.17, 15) is 4.79 Å². The van der Waals surface area contributed by atoms with Crippen molar-refractivity contribution in [1.29, 1.82) is 0 Å². The zero-order valence-corrected chi connectivity index (χ0v) is 13.2. The number of halogens is 2. The molecule has 114 valence electrons. The number of ether oxygens (including phenoxy) is 1. The van der Waals surface area contributed by atoms with Crippen LogP contribution in [0.1, 0.15) is 24.4 Å². The topological polar surface area (TPSA) is 39.4 Å². The van der Waals surface area contributed by atoms with E-state index in [1.807, 2.05) is 12.1 Å². The van der Waals surface area contributed by atoms with E-state index >= 15 is 0 Å². The summed E-state index contributed by atoms with van der Waals surface area (Å²) in [5.74, 6) is 2.33. The molecular weight excluding hydrogens is 323 g/mol. The molecular formula is C17H14Cl2O3. The molecule has 0 N–H and O–H groups in total.